The fraction of sp³-hybridized carbons (Fsp3) is 0.476. The number of rotatable bonds is 8. The van der Waals surface area contributed by atoms with Crippen LogP contribution in [0.3, 0.4) is 0 Å². The smallest absolute Gasteiger partial charge is 0.220 e. The predicted molar refractivity (Wildman–Crippen MR) is 105 cm³/mol. The van der Waals surface area contributed by atoms with Gasteiger partial charge in [0.1, 0.15) is 18.1 Å². The number of hydrogen-bond acceptors (Lipinski definition) is 4. The SMILES string of the molecule is O=C(CCC1CCN(Cc2ccc(CO)o2)CC1)NCc1cccc(Cl)c1. The normalized spacial score (nSPS) is 15.8. The average Bonchev–Trinajstić information content (AvgIpc) is 3.13. The summed E-state index contributed by atoms with van der Waals surface area (Å²) >= 11 is 5.96. The number of carbonyl (C=O) groups is 1. The van der Waals surface area contributed by atoms with Crippen molar-refractivity contribution in [3.05, 3.63) is 58.5 Å². The third kappa shape index (κ3) is 6.38. The van der Waals surface area contributed by atoms with Crippen molar-refractivity contribution in [3.8, 4) is 0 Å². The fourth-order valence-electron chi connectivity index (χ4n) is 3.52. The van der Waals surface area contributed by atoms with Gasteiger partial charge in [0.05, 0.1) is 6.54 Å². The number of halogens is 1. The molecule has 1 aromatic heterocycles. The molecule has 0 unspecified atom stereocenters. The molecule has 2 aromatic rings. The summed E-state index contributed by atoms with van der Waals surface area (Å²) in [5.41, 5.74) is 1.02. The van der Waals surface area contributed by atoms with E-state index in [9.17, 15) is 4.79 Å². The Bertz CT molecular complexity index is 739. The number of benzene rings is 1. The molecule has 0 atom stereocenters. The second kappa shape index (κ2) is 9.93. The van der Waals surface area contributed by atoms with Gasteiger partial charge in [-0.1, -0.05) is 23.7 Å². The van der Waals surface area contributed by atoms with Crippen LogP contribution in [0.1, 0.15) is 42.8 Å². The Kier molecular flexibility index (Phi) is 7.33. The average molecular weight is 391 g/mol. The number of nitrogens with zero attached hydrogens (tertiary/aromatic N) is 1. The van der Waals surface area contributed by atoms with E-state index in [0.29, 0.717) is 29.7 Å². The predicted octanol–water partition coefficient (Wildman–Crippen LogP) is 3.73. The zero-order valence-corrected chi connectivity index (χ0v) is 16.3. The lowest BCUT2D eigenvalue weighted by Gasteiger charge is -2.31. The van der Waals surface area contributed by atoms with Crippen molar-refractivity contribution in [1.82, 2.24) is 10.2 Å². The van der Waals surface area contributed by atoms with Crippen molar-refractivity contribution >= 4 is 17.5 Å². The number of carbonyl (C=O) groups excluding carboxylic acids is 1. The Morgan fingerprint density at radius 2 is 2.00 bits per heavy atom. The molecule has 1 aliphatic heterocycles. The van der Waals surface area contributed by atoms with Crippen LogP contribution in [0.2, 0.25) is 5.02 Å². The molecule has 2 heterocycles. The van der Waals surface area contributed by atoms with Crippen molar-refractivity contribution in [2.24, 2.45) is 5.92 Å². The topological polar surface area (TPSA) is 65.7 Å². The molecule has 146 valence electrons. The molecule has 0 bridgehead atoms. The Morgan fingerprint density at radius 3 is 2.70 bits per heavy atom. The minimum absolute atomic E-state index is 0.0541. The Balaban J connectivity index is 1.32. The van der Waals surface area contributed by atoms with Gasteiger partial charge < -0.3 is 14.8 Å². The first-order valence-corrected chi connectivity index (χ1v) is 9.92. The van der Waals surface area contributed by atoms with Crippen LogP contribution in [0.5, 0.6) is 0 Å². The first-order chi connectivity index (χ1) is 13.1. The van der Waals surface area contributed by atoms with Gasteiger partial charge in [-0.3, -0.25) is 9.69 Å². The van der Waals surface area contributed by atoms with Gasteiger partial charge >= 0.3 is 0 Å². The Labute approximate surface area is 165 Å². The molecule has 0 aliphatic carbocycles. The largest absolute Gasteiger partial charge is 0.462 e. The monoisotopic (exact) mass is 390 g/mol. The van der Waals surface area contributed by atoms with Crippen LogP contribution in [0.15, 0.2) is 40.8 Å². The molecule has 6 heteroatoms. The molecule has 1 aliphatic rings. The summed E-state index contributed by atoms with van der Waals surface area (Å²) < 4.78 is 5.56. The number of aliphatic hydroxyl groups is 1. The minimum atomic E-state index is -0.0541. The third-order valence-corrected chi connectivity index (χ3v) is 5.35. The molecular formula is C21H27ClN2O3. The summed E-state index contributed by atoms with van der Waals surface area (Å²) in [6, 6.07) is 11.3. The van der Waals surface area contributed by atoms with E-state index >= 15 is 0 Å². The number of hydrogen-bond donors (Lipinski definition) is 2. The van der Waals surface area contributed by atoms with Gasteiger partial charge in [0.15, 0.2) is 0 Å². The van der Waals surface area contributed by atoms with Crippen LogP contribution in [0, 0.1) is 5.92 Å². The van der Waals surface area contributed by atoms with Crippen molar-refractivity contribution < 1.29 is 14.3 Å². The summed E-state index contributed by atoms with van der Waals surface area (Å²) in [5.74, 6) is 2.22. The number of amides is 1. The molecule has 1 aromatic carbocycles. The molecule has 1 saturated heterocycles. The second-order valence-corrected chi connectivity index (χ2v) is 7.63. The molecule has 0 saturated carbocycles. The van der Waals surface area contributed by atoms with E-state index in [-0.39, 0.29) is 12.5 Å². The lowest BCUT2D eigenvalue weighted by Crippen LogP contribution is -2.33. The molecule has 3 rings (SSSR count). The van der Waals surface area contributed by atoms with Gasteiger partial charge in [-0.25, -0.2) is 0 Å². The third-order valence-electron chi connectivity index (χ3n) is 5.12. The van der Waals surface area contributed by atoms with Crippen LogP contribution in [0.4, 0.5) is 0 Å². The first-order valence-electron chi connectivity index (χ1n) is 9.54. The first kappa shape index (κ1) is 19.9. The standard InChI is InChI=1S/C21H27ClN2O3/c22-18-3-1-2-17(12-18)13-23-21(26)7-4-16-8-10-24(11-9-16)14-19-5-6-20(15-25)27-19/h1-3,5-6,12,16,25H,4,7-11,13-15H2,(H,23,26). The quantitative estimate of drug-likeness (QED) is 0.720. The van der Waals surface area contributed by atoms with Crippen molar-refractivity contribution in [2.75, 3.05) is 13.1 Å². The molecular weight excluding hydrogens is 364 g/mol. The van der Waals surface area contributed by atoms with E-state index in [0.717, 1.165) is 50.2 Å². The highest BCUT2D eigenvalue weighted by Gasteiger charge is 2.20. The van der Waals surface area contributed by atoms with Crippen molar-refractivity contribution in [2.45, 2.75) is 45.4 Å². The molecule has 1 amide bonds. The van der Waals surface area contributed by atoms with Crippen LogP contribution < -0.4 is 5.32 Å². The van der Waals surface area contributed by atoms with E-state index in [1.807, 2.05) is 36.4 Å². The summed E-state index contributed by atoms with van der Waals surface area (Å²) in [5, 5.41) is 12.7. The van der Waals surface area contributed by atoms with E-state index < -0.39 is 0 Å². The van der Waals surface area contributed by atoms with E-state index in [4.69, 9.17) is 21.1 Å². The van der Waals surface area contributed by atoms with Gasteiger partial charge in [-0.05, 0) is 68.1 Å². The van der Waals surface area contributed by atoms with Crippen LogP contribution >= 0.6 is 11.6 Å². The maximum absolute atomic E-state index is 12.1. The van der Waals surface area contributed by atoms with Gasteiger partial charge in [0.25, 0.3) is 0 Å². The number of nitrogens with one attached hydrogen (secondary N) is 1. The zero-order valence-electron chi connectivity index (χ0n) is 15.5. The highest BCUT2D eigenvalue weighted by Crippen LogP contribution is 2.23. The maximum Gasteiger partial charge on any atom is 0.220 e. The molecule has 0 radical (unpaired) electrons. The van der Waals surface area contributed by atoms with Crippen molar-refractivity contribution in [3.63, 3.8) is 0 Å². The van der Waals surface area contributed by atoms with Gasteiger partial charge in [-0.15, -0.1) is 0 Å². The fourth-order valence-corrected chi connectivity index (χ4v) is 3.73. The van der Waals surface area contributed by atoms with Gasteiger partial charge in [0, 0.05) is 18.0 Å². The van der Waals surface area contributed by atoms with Crippen LogP contribution in [-0.2, 0) is 24.5 Å². The number of likely N-dealkylation sites (tertiary alicyclic amines) is 1. The summed E-state index contributed by atoms with van der Waals surface area (Å²) in [7, 11) is 0. The van der Waals surface area contributed by atoms with Gasteiger partial charge in [0.2, 0.25) is 5.91 Å². The molecule has 2 N–H and O–H groups in total. The molecule has 5 nitrogen and oxygen atoms in total. The van der Waals surface area contributed by atoms with E-state index in [2.05, 4.69) is 10.2 Å². The van der Waals surface area contributed by atoms with Crippen LogP contribution in [0.25, 0.3) is 0 Å². The maximum atomic E-state index is 12.1. The summed E-state index contributed by atoms with van der Waals surface area (Å²) in [6.45, 7) is 3.29. The van der Waals surface area contributed by atoms with Crippen LogP contribution in [-0.4, -0.2) is 29.0 Å². The Morgan fingerprint density at radius 1 is 1.22 bits per heavy atom. The minimum Gasteiger partial charge on any atom is -0.462 e. The molecule has 27 heavy (non-hydrogen) atoms. The van der Waals surface area contributed by atoms with Crippen molar-refractivity contribution in [1.29, 1.82) is 0 Å². The highest BCUT2D eigenvalue weighted by atomic mass is 35.5. The molecule has 1 fully saturated rings. The summed E-state index contributed by atoms with van der Waals surface area (Å²) in [4.78, 5) is 14.5. The number of furan rings is 1. The van der Waals surface area contributed by atoms with E-state index in [1.165, 1.54) is 0 Å². The zero-order chi connectivity index (χ0) is 19.1. The lowest BCUT2D eigenvalue weighted by atomic mass is 9.92. The number of piperidine rings is 1. The number of aliphatic hydroxyl groups excluding tert-OH is 1. The molecule has 0 spiro atoms. The van der Waals surface area contributed by atoms with E-state index in [1.54, 1.807) is 0 Å². The second-order valence-electron chi connectivity index (χ2n) is 7.19. The van der Waals surface area contributed by atoms with Gasteiger partial charge in [-0.2, -0.15) is 0 Å². The Hall–Kier alpha value is -1.82. The lowest BCUT2D eigenvalue weighted by molar-refractivity contribution is -0.121. The summed E-state index contributed by atoms with van der Waals surface area (Å²) in [6.07, 6.45) is 3.72. The highest BCUT2D eigenvalue weighted by molar-refractivity contribution is 6.30.